The van der Waals surface area contributed by atoms with Crippen LogP contribution in [0, 0.1) is 0 Å². The minimum atomic E-state index is -0.742. The molecule has 3 nitrogen and oxygen atoms in total. The molecule has 2 rings (SSSR count). The maximum absolute atomic E-state index is 10.2. The molecule has 94 valence electrons. The molecule has 1 fully saturated rings. The van der Waals surface area contributed by atoms with E-state index in [2.05, 4.69) is 12.2 Å². The summed E-state index contributed by atoms with van der Waals surface area (Å²) < 4.78 is 0. The Morgan fingerprint density at radius 3 is 2.53 bits per heavy atom. The zero-order valence-electron chi connectivity index (χ0n) is 10.4. The number of hydrogen-bond donors (Lipinski definition) is 2. The molecule has 0 aromatic heterocycles. The molecule has 1 aliphatic rings. The average molecular weight is 235 g/mol. The van der Waals surface area contributed by atoms with Crippen molar-refractivity contribution in [2.75, 3.05) is 6.54 Å². The third-order valence-electron chi connectivity index (χ3n) is 2.78. The van der Waals surface area contributed by atoms with E-state index in [0.717, 1.165) is 11.6 Å². The summed E-state index contributed by atoms with van der Waals surface area (Å²) >= 11 is 0. The van der Waals surface area contributed by atoms with E-state index >= 15 is 0 Å². The molecule has 0 radical (unpaired) electrons. The van der Waals surface area contributed by atoms with Crippen LogP contribution in [0.15, 0.2) is 30.3 Å². The van der Waals surface area contributed by atoms with Crippen molar-refractivity contribution < 1.29 is 9.90 Å². The van der Waals surface area contributed by atoms with Gasteiger partial charge in [-0.25, -0.2) is 0 Å². The van der Waals surface area contributed by atoms with Crippen molar-refractivity contribution >= 4 is 5.97 Å². The smallest absolute Gasteiger partial charge is 0.303 e. The summed E-state index contributed by atoms with van der Waals surface area (Å²) in [6, 6.07) is 10.4. The molecule has 1 heterocycles. The summed E-state index contributed by atoms with van der Waals surface area (Å²) in [5, 5.41) is 11.7. The van der Waals surface area contributed by atoms with Gasteiger partial charge >= 0.3 is 5.97 Å². The van der Waals surface area contributed by atoms with Gasteiger partial charge < -0.3 is 10.4 Å². The van der Waals surface area contributed by atoms with Crippen LogP contribution in [-0.4, -0.2) is 23.7 Å². The molecular formula is C14H21NO2. The van der Waals surface area contributed by atoms with Crippen LogP contribution in [-0.2, 0) is 11.2 Å². The topological polar surface area (TPSA) is 49.3 Å². The van der Waals surface area contributed by atoms with Gasteiger partial charge in [0.2, 0.25) is 0 Å². The van der Waals surface area contributed by atoms with Crippen LogP contribution < -0.4 is 5.32 Å². The van der Waals surface area contributed by atoms with Crippen molar-refractivity contribution in [2.45, 2.75) is 38.6 Å². The van der Waals surface area contributed by atoms with Crippen LogP contribution in [0.2, 0.25) is 0 Å². The number of carbonyl (C=O) groups is 1. The van der Waals surface area contributed by atoms with Crippen LogP contribution in [0.4, 0.5) is 0 Å². The Bertz CT molecular complexity index is 318. The highest BCUT2D eigenvalue weighted by atomic mass is 16.4. The highest BCUT2D eigenvalue weighted by molar-refractivity contribution is 5.67. The van der Waals surface area contributed by atoms with Gasteiger partial charge in [-0.1, -0.05) is 30.3 Å². The Kier molecular flexibility index (Phi) is 6.33. The van der Waals surface area contributed by atoms with Gasteiger partial charge in [-0.2, -0.15) is 0 Å². The molecule has 1 saturated heterocycles. The fourth-order valence-electron chi connectivity index (χ4n) is 1.75. The summed E-state index contributed by atoms with van der Waals surface area (Å²) in [7, 11) is 0. The summed E-state index contributed by atoms with van der Waals surface area (Å²) in [5.74, 6) is -0.742. The van der Waals surface area contributed by atoms with E-state index in [9.17, 15) is 4.79 Å². The number of hydrogen-bond acceptors (Lipinski definition) is 2. The lowest BCUT2D eigenvalue weighted by Crippen LogP contribution is -2.16. The Hall–Kier alpha value is -1.35. The lowest BCUT2D eigenvalue weighted by Gasteiger charge is -1.95. The largest absolute Gasteiger partial charge is 0.481 e. The number of aliphatic carboxylic acids is 1. The molecule has 1 aromatic rings. The summed E-state index contributed by atoms with van der Waals surface area (Å²) in [6.07, 6.45) is 3.58. The average Bonchev–Trinajstić information content (AvgIpc) is 2.80. The van der Waals surface area contributed by atoms with Crippen LogP contribution >= 0.6 is 0 Å². The van der Waals surface area contributed by atoms with Gasteiger partial charge in [-0.15, -0.1) is 0 Å². The van der Waals surface area contributed by atoms with E-state index in [0.29, 0.717) is 6.42 Å². The predicted octanol–water partition coefficient (Wildman–Crippen LogP) is 2.46. The molecule has 1 atom stereocenters. The summed E-state index contributed by atoms with van der Waals surface area (Å²) in [6.45, 7) is 3.47. The maximum atomic E-state index is 10.2. The first-order valence-electron chi connectivity index (χ1n) is 6.17. The maximum Gasteiger partial charge on any atom is 0.303 e. The van der Waals surface area contributed by atoms with E-state index < -0.39 is 5.97 Å². The molecule has 0 spiro atoms. The van der Waals surface area contributed by atoms with Crippen molar-refractivity contribution in [1.29, 1.82) is 0 Å². The molecule has 0 bridgehead atoms. The standard InChI is InChI=1S/C9H10O2.C5H11N/c10-9(11)7-6-8-4-2-1-3-5-8;1-5-3-2-4-6-5/h1-5H,6-7H2,(H,10,11);5-6H,2-4H2,1H3. The molecule has 1 aromatic carbocycles. The van der Waals surface area contributed by atoms with Gasteiger partial charge in [-0.05, 0) is 38.3 Å². The zero-order chi connectivity index (χ0) is 12.5. The van der Waals surface area contributed by atoms with Crippen LogP contribution in [0.3, 0.4) is 0 Å². The van der Waals surface area contributed by atoms with Gasteiger partial charge in [0.05, 0.1) is 0 Å². The van der Waals surface area contributed by atoms with E-state index in [1.54, 1.807) is 0 Å². The summed E-state index contributed by atoms with van der Waals surface area (Å²) in [4.78, 5) is 10.2. The molecular weight excluding hydrogens is 214 g/mol. The minimum absolute atomic E-state index is 0.212. The molecule has 0 aliphatic carbocycles. The van der Waals surface area contributed by atoms with E-state index in [1.807, 2.05) is 30.3 Å². The van der Waals surface area contributed by atoms with Gasteiger partial charge in [0.15, 0.2) is 0 Å². The molecule has 0 amide bonds. The molecule has 17 heavy (non-hydrogen) atoms. The molecule has 1 unspecified atom stereocenters. The first-order valence-corrected chi connectivity index (χ1v) is 6.17. The number of carboxylic acid groups (broad SMARTS) is 1. The number of rotatable bonds is 3. The van der Waals surface area contributed by atoms with E-state index in [-0.39, 0.29) is 6.42 Å². The van der Waals surface area contributed by atoms with Crippen molar-refractivity contribution in [1.82, 2.24) is 5.32 Å². The first kappa shape index (κ1) is 13.7. The Morgan fingerprint density at radius 2 is 2.12 bits per heavy atom. The second-order valence-corrected chi connectivity index (χ2v) is 4.38. The molecule has 2 N–H and O–H groups in total. The third kappa shape index (κ3) is 6.74. The predicted molar refractivity (Wildman–Crippen MR) is 69.1 cm³/mol. The van der Waals surface area contributed by atoms with Gasteiger partial charge in [0.1, 0.15) is 0 Å². The first-order chi connectivity index (χ1) is 8.18. The second kappa shape index (κ2) is 7.85. The highest BCUT2D eigenvalue weighted by Gasteiger charge is 2.05. The quantitative estimate of drug-likeness (QED) is 0.846. The van der Waals surface area contributed by atoms with Crippen molar-refractivity contribution in [3.8, 4) is 0 Å². The van der Waals surface area contributed by atoms with E-state index in [1.165, 1.54) is 19.4 Å². The number of nitrogens with one attached hydrogen (secondary N) is 1. The summed E-state index contributed by atoms with van der Waals surface area (Å²) in [5.41, 5.74) is 1.08. The van der Waals surface area contributed by atoms with Crippen LogP contribution in [0.25, 0.3) is 0 Å². The number of aryl methyl sites for hydroxylation is 1. The highest BCUT2D eigenvalue weighted by Crippen LogP contribution is 2.02. The molecule has 0 saturated carbocycles. The lowest BCUT2D eigenvalue weighted by molar-refractivity contribution is -0.136. The monoisotopic (exact) mass is 235 g/mol. The van der Waals surface area contributed by atoms with Crippen molar-refractivity contribution in [3.63, 3.8) is 0 Å². The SMILES string of the molecule is CC1CCCN1.O=C(O)CCc1ccccc1. The van der Waals surface area contributed by atoms with Crippen molar-refractivity contribution in [2.24, 2.45) is 0 Å². The van der Waals surface area contributed by atoms with Gasteiger partial charge in [0.25, 0.3) is 0 Å². The Labute approximate surface area is 103 Å². The third-order valence-corrected chi connectivity index (χ3v) is 2.78. The van der Waals surface area contributed by atoms with Crippen molar-refractivity contribution in [3.05, 3.63) is 35.9 Å². The fourth-order valence-corrected chi connectivity index (χ4v) is 1.75. The molecule has 3 heteroatoms. The zero-order valence-corrected chi connectivity index (χ0v) is 10.4. The number of carboxylic acids is 1. The van der Waals surface area contributed by atoms with E-state index in [4.69, 9.17) is 5.11 Å². The minimum Gasteiger partial charge on any atom is -0.481 e. The number of benzene rings is 1. The Balaban J connectivity index is 0.000000202. The van der Waals surface area contributed by atoms with Crippen LogP contribution in [0.1, 0.15) is 31.7 Å². The lowest BCUT2D eigenvalue weighted by atomic mass is 10.1. The van der Waals surface area contributed by atoms with Gasteiger partial charge in [0, 0.05) is 12.5 Å². The molecule has 1 aliphatic heterocycles. The van der Waals surface area contributed by atoms with Gasteiger partial charge in [-0.3, -0.25) is 4.79 Å². The second-order valence-electron chi connectivity index (χ2n) is 4.38. The fraction of sp³-hybridized carbons (Fsp3) is 0.500. The normalized spacial score (nSPS) is 18.3. The Morgan fingerprint density at radius 1 is 1.41 bits per heavy atom. The van der Waals surface area contributed by atoms with Crippen LogP contribution in [0.5, 0.6) is 0 Å².